The van der Waals surface area contributed by atoms with E-state index in [2.05, 4.69) is 22.1 Å². The number of carbonyl (C=O) groups excluding carboxylic acids is 1. The lowest BCUT2D eigenvalue weighted by molar-refractivity contribution is -0.113. The molecule has 29 heavy (non-hydrogen) atoms. The van der Waals surface area contributed by atoms with Gasteiger partial charge in [-0.3, -0.25) is 9.36 Å². The molecule has 0 saturated heterocycles. The van der Waals surface area contributed by atoms with E-state index in [9.17, 15) is 4.79 Å². The zero-order chi connectivity index (χ0) is 20.8. The molecule has 0 atom stereocenters. The Morgan fingerprint density at radius 2 is 2.00 bits per heavy atom. The van der Waals surface area contributed by atoms with Crippen molar-refractivity contribution in [3.63, 3.8) is 0 Å². The number of aromatic nitrogens is 3. The molecular formula is C20H15Cl2N5OS. The summed E-state index contributed by atoms with van der Waals surface area (Å²) in [5, 5.41) is 21.7. The number of amides is 1. The molecule has 6 nitrogen and oxygen atoms in total. The standard InChI is InChI=1S/C20H15Cl2N5OS/c1-2-9-27-19(13-3-6-15(21)7-4-13)25-26-20(27)29-12-18(28)24-16-8-5-14(11-23)17(22)10-16/h2-8,10H,1,9,12H2,(H,24,28). The fourth-order valence-electron chi connectivity index (χ4n) is 2.51. The molecule has 0 bridgehead atoms. The van der Waals surface area contributed by atoms with E-state index in [4.69, 9.17) is 28.5 Å². The first-order chi connectivity index (χ1) is 14.0. The van der Waals surface area contributed by atoms with E-state index in [0.29, 0.717) is 33.8 Å². The number of benzene rings is 2. The maximum absolute atomic E-state index is 12.3. The van der Waals surface area contributed by atoms with Gasteiger partial charge in [0.25, 0.3) is 0 Å². The van der Waals surface area contributed by atoms with Crippen molar-refractivity contribution in [2.24, 2.45) is 0 Å². The van der Waals surface area contributed by atoms with Gasteiger partial charge in [-0.15, -0.1) is 16.8 Å². The minimum Gasteiger partial charge on any atom is -0.325 e. The maximum atomic E-state index is 12.3. The van der Waals surface area contributed by atoms with Crippen molar-refractivity contribution < 1.29 is 4.79 Å². The second-order valence-electron chi connectivity index (χ2n) is 5.86. The molecule has 0 aliphatic heterocycles. The van der Waals surface area contributed by atoms with Crippen LogP contribution < -0.4 is 5.32 Å². The van der Waals surface area contributed by atoms with Gasteiger partial charge in [-0.1, -0.05) is 41.0 Å². The molecule has 1 amide bonds. The number of hydrogen-bond donors (Lipinski definition) is 1. The lowest BCUT2D eigenvalue weighted by Crippen LogP contribution is -2.14. The van der Waals surface area contributed by atoms with E-state index in [1.807, 2.05) is 22.8 Å². The number of allylic oxidation sites excluding steroid dienone is 1. The molecule has 2 aromatic carbocycles. The number of carbonyl (C=O) groups is 1. The topological polar surface area (TPSA) is 83.6 Å². The van der Waals surface area contributed by atoms with Crippen LogP contribution in [0.3, 0.4) is 0 Å². The summed E-state index contributed by atoms with van der Waals surface area (Å²) in [5.41, 5.74) is 1.74. The number of rotatable bonds is 7. The Labute approximate surface area is 182 Å². The SMILES string of the molecule is C=CCn1c(SCC(=O)Nc2ccc(C#N)c(Cl)c2)nnc1-c1ccc(Cl)cc1. The van der Waals surface area contributed by atoms with Crippen molar-refractivity contribution in [1.82, 2.24) is 14.8 Å². The van der Waals surface area contributed by atoms with Crippen LogP contribution in [0.5, 0.6) is 0 Å². The van der Waals surface area contributed by atoms with Gasteiger partial charge in [0.15, 0.2) is 11.0 Å². The number of nitrogens with zero attached hydrogens (tertiary/aromatic N) is 4. The minimum absolute atomic E-state index is 0.132. The minimum atomic E-state index is -0.225. The Bertz CT molecular complexity index is 1090. The molecule has 0 radical (unpaired) electrons. The van der Waals surface area contributed by atoms with Crippen molar-refractivity contribution in [2.75, 3.05) is 11.1 Å². The Kier molecular flexibility index (Phi) is 6.94. The predicted molar refractivity (Wildman–Crippen MR) is 116 cm³/mol. The van der Waals surface area contributed by atoms with Crippen LogP contribution in [0.2, 0.25) is 10.0 Å². The van der Waals surface area contributed by atoms with Crippen LogP contribution in [0.4, 0.5) is 5.69 Å². The molecule has 0 unspecified atom stereocenters. The van der Waals surface area contributed by atoms with Gasteiger partial charge in [0, 0.05) is 22.8 Å². The maximum Gasteiger partial charge on any atom is 0.234 e. The van der Waals surface area contributed by atoms with E-state index in [-0.39, 0.29) is 16.7 Å². The van der Waals surface area contributed by atoms with Gasteiger partial charge in [-0.2, -0.15) is 5.26 Å². The van der Waals surface area contributed by atoms with Crippen LogP contribution in [0, 0.1) is 11.3 Å². The fourth-order valence-corrected chi connectivity index (χ4v) is 3.61. The van der Waals surface area contributed by atoms with Gasteiger partial charge in [-0.25, -0.2) is 0 Å². The zero-order valence-electron chi connectivity index (χ0n) is 15.1. The molecule has 0 aliphatic carbocycles. The molecule has 0 fully saturated rings. The highest BCUT2D eigenvalue weighted by atomic mass is 35.5. The van der Waals surface area contributed by atoms with Gasteiger partial charge in [0.2, 0.25) is 5.91 Å². The second kappa shape index (κ2) is 9.61. The summed E-state index contributed by atoms with van der Waals surface area (Å²) in [6.07, 6.45) is 1.74. The molecule has 9 heteroatoms. The summed E-state index contributed by atoms with van der Waals surface area (Å²) in [5.74, 6) is 0.577. The highest BCUT2D eigenvalue weighted by molar-refractivity contribution is 7.99. The summed E-state index contributed by atoms with van der Waals surface area (Å²) < 4.78 is 1.88. The molecule has 1 heterocycles. The Morgan fingerprint density at radius 1 is 1.24 bits per heavy atom. The van der Waals surface area contributed by atoms with Crippen LogP contribution in [-0.2, 0) is 11.3 Å². The molecule has 3 aromatic rings. The first-order valence-corrected chi connectivity index (χ1v) is 10.2. The summed E-state index contributed by atoms with van der Waals surface area (Å²) in [4.78, 5) is 12.3. The average molecular weight is 444 g/mol. The van der Waals surface area contributed by atoms with Crippen LogP contribution >= 0.6 is 35.0 Å². The Morgan fingerprint density at radius 3 is 2.66 bits per heavy atom. The monoisotopic (exact) mass is 443 g/mol. The van der Waals surface area contributed by atoms with Crippen molar-refractivity contribution in [3.05, 3.63) is 70.7 Å². The molecule has 0 spiro atoms. The van der Waals surface area contributed by atoms with Crippen LogP contribution in [0.1, 0.15) is 5.56 Å². The van der Waals surface area contributed by atoms with Crippen molar-refractivity contribution >= 4 is 46.6 Å². The number of hydrogen-bond acceptors (Lipinski definition) is 5. The van der Waals surface area contributed by atoms with Crippen LogP contribution in [0.25, 0.3) is 11.4 Å². The molecule has 0 saturated carbocycles. The lowest BCUT2D eigenvalue weighted by atomic mass is 10.2. The van der Waals surface area contributed by atoms with E-state index in [0.717, 1.165) is 5.56 Å². The van der Waals surface area contributed by atoms with Crippen molar-refractivity contribution in [2.45, 2.75) is 11.7 Å². The van der Waals surface area contributed by atoms with Gasteiger partial charge < -0.3 is 5.32 Å². The Balaban J connectivity index is 1.70. The third-order valence-corrected chi connectivity index (χ3v) is 5.37. The first kappa shape index (κ1) is 20.9. The lowest BCUT2D eigenvalue weighted by Gasteiger charge is -2.08. The quantitative estimate of drug-likeness (QED) is 0.408. The molecule has 0 aliphatic rings. The number of nitriles is 1. The average Bonchev–Trinajstić information content (AvgIpc) is 3.10. The van der Waals surface area contributed by atoms with E-state index in [1.54, 1.807) is 36.4 Å². The van der Waals surface area contributed by atoms with Crippen LogP contribution in [-0.4, -0.2) is 26.4 Å². The summed E-state index contributed by atoms with van der Waals surface area (Å²) >= 11 is 13.2. The second-order valence-corrected chi connectivity index (χ2v) is 7.64. The predicted octanol–water partition coefficient (Wildman–Crippen LogP) is 5.04. The normalized spacial score (nSPS) is 10.4. The van der Waals surface area contributed by atoms with E-state index in [1.165, 1.54) is 11.8 Å². The highest BCUT2D eigenvalue weighted by Crippen LogP contribution is 2.26. The van der Waals surface area contributed by atoms with Crippen molar-refractivity contribution in [1.29, 1.82) is 5.26 Å². The first-order valence-electron chi connectivity index (χ1n) is 8.44. The summed E-state index contributed by atoms with van der Waals surface area (Å²) in [7, 11) is 0. The zero-order valence-corrected chi connectivity index (χ0v) is 17.4. The third-order valence-electron chi connectivity index (χ3n) is 3.84. The Hall–Kier alpha value is -2.79. The molecule has 3 rings (SSSR count). The van der Waals surface area contributed by atoms with Gasteiger partial charge >= 0.3 is 0 Å². The molecule has 146 valence electrons. The smallest absolute Gasteiger partial charge is 0.234 e. The van der Waals surface area contributed by atoms with E-state index >= 15 is 0 Å². The number of nitrogens with one attached hydrogen (secondary N) is 1. The van der Waals surface area contributed by atoms with Gasteiger partial charge in [0.05, 0.1) is 16.3 Å². The highest BCUT2D eigenvalue weighted by Gasteiger charge is 2.15. The molecule has 1 aromatic heterocycles. The van der Waals surface area contributed by atoms with Gasteiger partial charge in [0.1, 0.15) is 6.07 Å². The van der Waals surface area contributed by atoms with Crippen molar-refractivity contribution in [3.8, 4) is 17.5 Å². The molecule has 1 N–H and O–H groups in total. The van der Waals surface area contributed by atoms with Gasteiger partial charge in [-0.05, 0) is 42.5 Å². The van der Waals surface area contributed by atoms with E-state index < -0.39 is 0 Å². The van der Waals surface area contributed by atoms with Crippen LogP contribution in [0.15, 0.2) is 60.3 Å². The fraction of sp³-hybridized carbons (Fsp3) is 0.100. The number of thioether (sulfide) groups is 1. The third kappa shape index (κ3) is 5.18. The largest absolute Gasteiger partial charge is 0.325 e. The summed E-state index contributed by atoms with van der Waals surface area (Å²) in [6.45, 7) is 4.28. The number of anilines is 1. The summed E-state index contributed by atoms with van der Waals surface area (Å²) in [6, 6.07) is 14.0. The number of halogens is 2. The molecular weight excluding hydrogens is 429 g/mol.